The lowest BCUT2D eigenvalue weighted by molar-refractivity contribution is 0.474. The van der Waals surface area contributed by atoms with Gasteiger partial charge in [-0.1, -0.05) is 36.8 Å². The molecule has 0 fully saturated rings. The van der Waals surface area contributed by atoms with Gasteiger partial charge in [-0.15, -0.1) is 0 Å². The summed E-state index contributed by atoms with van der Waals surface area (Å²) in [6, 6.07) is 13.8. The summed E-state index contributed by atoms with van der Waals surface area (Å²) in [6.45, 7) is 4.22. The standard InChI is InChI=1S/C16H15NO/c1-10-4-3-5-12(8-10)16-11(2)14-9-13(18)6-7-15(14)17-16/h3-9,11,18H,1-2H3. The Hall–Kier alpha value is -2.09. The number of phenolic OH excluding ortho intramolecular Hbond substituents is 1. The van der Waals surface area contributed by atoms with Gasteiger partial charge in [0, 0.05) is 5.92 Å². The minimum atomic E-state index is 0.230. The average molecular weight is 237 g/mol. The Morgan fingerprint density at radius 1 is 1.11 bits per heavy atom. The van der Waals surface area contributed by atoms with Crippen molar-refractivity contribution >= 4 is 11.4 Å². The number of aliphatic imine (C=N–C) groups is 1. The number of hydrogen-bond acceptors (Lipinski definition) is 2. The van der Waals surface area contributed by atoms with Crippen LogP contribution in [0.3, 0.4) is 0 Å². The van der Waals surface area contributed by atoms with E-state index in [1.54, 1.807) is 6.07 Å². The highest BCUT2D eigenvalue weighted by Gasteiger charge is 2.24. The summed E-state index contributed by atoms with van der Waals surface area (Å²) in [7, 11) is 0. The topological polar surface area (TPSA) is 32.6 Å². The summed E-state index contributed by atoms with van der Waals surface area (Å²) >= 11 is 0. The summed E-state index contributed by atoms with van der Waals surface area (Å²) < 4.78 is 0. The second kappa shape index (κ2) is 3.98. The predicted octanol–water partition coefficient (Wildman–Crippen LogP) is 3.94. The molecule has 0 amide bonds. The van der Waals surface area contributed by atoms with Crippen molar-refractivity contribution < 1.29 is 5.11 Å². The summed E-state index contributed by atoms with van der Waals surface area (Å²) in [4.78, 5) is 4.69. The molecule has 0 aliphatic carbocycles. The van der Waals surface area contributed by atoms with E-state index in [1.165, 1.54) is 5.56 Å². The molecule has 1 N–H and O–H groups in total. The molecule has 0 aromatic heterocycles. The molecule has 1 atom stereocenters. The highest BCUT2D eigenvalue weighted by molar-refractivity contribution is 6.09. The number of fused-ring (bicyclic) bond motifs is 1. The third-order valence-corrected chi connectivity index (χ3v) is 3.44. The molecular weight excluding hydrogens is 222 g/mol. The van der Waals surface area contributed by atoms with Crippen molar-refractivity contribution in [2.75, 3.05) is 0 Å². The molecule has 1 unspecified atom stereocenters. The smallest absolute Gasteiger partial charge is 0.116 e. The number of nitrogens with zero attached hydrogens (tertiary/aromatic N) is 1. The van der Waals surface area contributed by atoms with Crippen molar-refractivity contribution in [2.24, 2.45) is 4.99 Å². The Balaban J connectivity index is 2.08. The molecule has 90 valence electrons. The fourth-order valence-electron chi connectivity index (χ4n) is 2.48. The molecule has 18 heavy (non-hydrogen) atoms. The van der Waals surface area contributed by atoms with Crippen LogP contribution in [0, 0.1) is 6.92 Å². The van der Waals surface area contributed by atoms with Crippen LogP contribution in [-0.2, 0) is 0 Å². The van der Waals surface area contributed by atoms with E-state index in [-0.39, 0.29) is 5.92 Å². The third-order valence-electron chi connectivity index (χ3n) is 3.44. The SMILES string of the molecule is Cc1cccc(C2=Nc3ccc(O)cc3C2C)c1. The largest absolute Gasteiger partial charge is 0.508 e. The van der Waals surface area contributed by atoms with Crippen molar-refractivity contribution in [1.29, 1.82) is 0 Å². The Kier molecular flexibility index (Phi) is 2.44. The van der Waals surface area contributed by atoms with Crippen LogP contribution in [0.1, 0.15) is 29.5 Å². The molecule has 0 radical (unpaired) electrons. The van der Waals surface area contributed by atoms with E-state index in [9.17, 15) is 5.11 Å². The van der Waals surface area contributed by atoms with Gasteiger partial charge in [-0.3, -0.25) is 4.99 Å². The van der Waals surface area contributed by atoms with Crippen LogP contribution in [0.5, 0.6) is 5.75 Å². The molecule has 2 aromatic rings. The van der Waals surface area contributed by atoms with Gasteiger partial charge in [0.1, 0.15) is 5.75 Å². The first-order chi connectivity index (χ1) is 8.65. The molecule has 2 heteroatoms. The lowest BCUT2D eigenvalue weighted by Crippen LogP contribution is -2.06. The van der Waals surface area contributed by atoms with Gasteiger partial charge in [-0.05, 0) is 36.2 Å². The zero-order valence-corrected chi connectivity index (χ0v) is 10.5. The highest BCUT2D eigenvalue weighted by Crippen LogP contribution is 2.39. The number of aryl methyl sites for hydroxylation is 1. The van der Waals surface area contributed by atoms with E-state index in [0.29, 0.717) is 5.75 Å². The van der Waals surface area contributed by atoms with Crippen molar-refractivity contribution in [3.8, 4) is 5.75 Å². The van der Waals surface area contributed by atoms with Gasteiger partial charge < -0.3 is 5.11 Å². The van der Waals surface area contributed by atoms with Gasteiger partial charge in [-0.2, -0.15) is 0 Å². The lowest BCUT2D eigenvalue weighted by Gasteiger charge is -2.09. The number of rotatable bonds is 1. The Labute approximate surface area is 107 Å². The highest BCUT2D eigenvalue weighted by atomic mass is 16.3. The monoisotopic (exact) mass is 237 g/mol. The van der Waals surface area contributed by atoms with Gasteiger partial charge in [0.15, 0.2) is 0 Å². The molecule has 0 bridgehead atoms. The molecule has 2 aromatic carbocycles. The van der Waals surface area contributed by atoms with E-state index in [4.69, 9.17) is 4.99 Å². The van der Waals surface area contributed by atoms with Gasteiger partial charge in [0.25, 0.3) is 0 Å². The van der Waals surface area contributed by atoms with Crippen molar-refractivity contribution in [3.63, 3.8) is 0 Å². The summed E-state index contributed by atoms with van der Waals surface area (Å²) in [5, 5.41) is 9.56. The minimum absolute atomic E-state index is 0.230. The molecule has 1 aliphatic rings. The van der Waals surface area contributed by atoms with Gasteiger partial charge in [-0.25, -0.2) is 0 Å². The van der Waals surface area contributed by atoms with Crippen LogP contribution < -0.4 is 0 Å². The first kappa shape index (κ1) is 11.0. The van der Waals surface area contributed by atoms with Crippen LogP contribution in [0.4, 0.5) is 5.69 Å². The first-order valence-corrected chi connectivity index (χ1v) is 6.13. The lowest BCUT2D eigenvalue weighted by atomic mass is 9.93. The van der Waals surface area contributed by atoms with Gasteiger partial charge in [0.2, 0.25) is 0 Å². The Morgan fingerprint density at radius 3 is 2.72 bits per heavy atom. The fraction of sp³-hybridized carbons (Fsp3) is 0.188. The number of aromatic hydroxyl groups is 1. The molecule has 1 heterocycles. The van der Waals surface area contributed by atoms with Gasteiger partial charge in [0.05, 0.1) is 11.4 Å². The molecule has 1 aliphatic heterocycles. The first-order valence-electron chi connectivity index (χ1n) is 6.13. The molecular formula is C16H15NO. The summed E-state index contributed by atoms with van der Waals surface area (Å²) in [6.07, 6.45) is 0. The Morgan fingerprint density at radius 2 is 1.94 bits per heavy atom. The van der Waals surface area contributed by atoms with E-state index in [2.05, 4.69) is 38.1 Å². The number of phenols is 1. The quantitative estimate of drug-likeness (QED) is 0.800. The van der Waals surface area contributed by atoms with Crippen LogP contribution in [0.2, 0.25) is 0 Å². The second-order valence-corrected chi connectivity index (χ2v) is 4.83. The molecule has 0 spiro atoms. The maximum Gasteiger partial charge on any atom is 0.116 e. The summed E-state index contributed by atoms with van der Waals surface area (Å²) in [5.41, 5.74) is 5.56. The van der Waals surface area contributed by atoms with Crippen molar-refractivity contribution in [3.05, 3.63) is 59.2 Å². The maximum atomic E-state index is 9.56. The molecule has 3 rings (SSSR count). The van der Waals surface area contributed by atoms with Crippen LogP contribution >= 0.6 is 0 Å². The number of benzene rings is 2. The zero-order valence-electron chi connectivity index (χ0n) is 10.5. The normalized spacial score (nSPS) is 17.4. The second-order valence-electron chi connectivity index (χ2n) is 4.83. The summed E-state index contributed by atoms with van der Waals surface area (Å²) in [5.74, 6) is 0.537. The predicted molar refractivity (Wildman–Crippen MR) is 73.9 cm³/mol. The van der Waals surface area contributed by atoms with E-state index in [0.717, 1.165) is 22.5 Å². The zero-order chi connectivity index (χ0) is 12.7. The maximum absolute atomic E-state index is 9.56. The van der Waals surface area contributed by atoms with Crippen LogP contribution in [0.15, 0.2) is 47.5 Å². The third kappa shape index (κ3) is 1.70. The van der Waals surface area contributed by atoms with Gasteiger partial charge >= 0.3 is 0 Å². The van der Waals surface area contributed by atoms with Crippen molar-refractivity contribution in [2.45, 2.75) is 19.8 Å². The van der Waals surface area contributed by atoms with E-state index < -0.39 is 0 Å². The minimum Gasteiger partial charge on any atom is -0.508 e. The van der Waals surface area contributed by atoms with Crippen molar-refractivity contribution in [1.82, 2.24) is 0 Å². The molecule has 0 saturated carbocycles. The molecule has 0 saturated heterocycles. The van der Waals surface area contributed by atoms with Crippen LogP contribution in [-0.4, -0.2) is 10.8 Å². The number of hydrogen-bond donors (Lipinski definition) is 1. The average Bonchev–Trinajstić information content (AvgIpc) is 2.67. The molecule has 2 nitrogen and oxygen atoms in total. The van der Waals surface area contributed by atoms with E-state index in [1.807, 2.05) is 12.1 Å². The van der Waals surface area contributed by atoms with E-state index >= 15 is 0 Å². The fourth-order valence-corrected chi connectivity index (χ4v) is 2.48. The Bertz CT molecular complexity index is 643. The van der Waals surface area contributed by atoms with Crippen LogP contribution in [0.25, 0.3) is 0 Å².